The van der Waals surface area contributed by atoms with Crippen LogP contribution in [0.3, 0.4) is 0 Å². The smallest absolute Gasteiger partial charge is 0.0538 e. The van der Waals surface area contributed by atoms with Crippen LogP contribution in [0.1, 0.15) is 99.3 Å². The third-order valence-electron chi connectivity index (χ3n) is 2.79. The van der Waals surface area contributed by atoms with Crippen molar-refractivity contribution < 1.29 is 0 Å². The van der Waals surface area contributed by atoms with E-state index in [2.05, 4.69) is 41.5 Å². The predicted molar refractivity (Wildman–Crippen MR) is 102 cm³/mol. The van der Waals surface area contributed by atoms with Crippen LogP contribution in [0.4, 0.5) is 0 Å². The molecule has 0 saturated carbocycles. The fraction of sp³-hybridized carbons (Fsp3) is 0.714. The average Bonchev–Trinajstić information content (AvgIpc) is 2.53. The Hall–Kier alpha value is -0.780. The summed E-state index contributed by atoms with van der Waals surface area (Å²) in [4.78, 5) is 0. The molecule has 0 aliphatic heterocycles. The summed E-state index contributed by atoms with van der Waals surface area (Å²) in [5, 5.41) is 0. The van der Waals surface area contributed by atoms with Gasteiger partial charge in [-0.05, 0) is 0 Å². The lowest BCUT2D eigenvalue weighted by molar-refractivity contribution is 0.772. The summed E-state index contributed by atoms with van der Waals surface area (Å²) in [6, 6.07) is 12.0. The molecule has 0 spiro atoms. The van der Waals surface area contributed by atoms with Crippen LogP contribution in [0.15, 0.2) is 36.4 Å². The normalized spacial score (nSPS) is 8.29. The Morgan fingerprint density at radius 3 is 0.524 bits per heavy atom. The molecule has 1 aromatic carbocycles. The first kappa shape index (κ1) is 25.2. The highest BCUT2D eigenvalue weighted by atomic mass is 13.8. The van der Waals surface area contributed by atoms with E-state index in [-0.39, 0.29) is 0 Å². The molecule has 1 aromatic rings. The lowest BCUT2D eigenvalue weighted by Gasteiger charge is -1.79. The van der Waals surface area contributed by atoms with Crippen LogP contribution in [-0.2, 0) is 0 Å². The van der Waals surface area contributed by atoms with Gasteiger partial charge in [-0.25, -0.2) is 0 Å². The van der Waals surface area contributed by atoms with Gasteiger partial charge in [-0.2, -0.15) is 0 Å². The Morgan fingerprint density at radius 2 is 0.476 bits per heavy atom. The highest BCUT2D eigenvalue weighted by Crippen LogP contribution is 1.89. The molecule has 21 heavy (non-hydrogen) atoms. The fourth-order valence-corrected chi connectivity index (χ4v) is 1.45. The zero-order chi connectivity index (χ0) is 16.6. The monoisotopic (exact) mass is 294 g/mol. The minimum atomic E-state index is 1.34. The second-order valence-electron chi connectivity index (χ2n) is 5.22. The van der Waals surface area contributed by atoms with Gasteiger partial charge in [0.25, 0.3) is 0 Å². The highest BCUT2D eigenvalue weighted by Gasteiger charge is 1.69. The molecule has 0 N–H and O–H groups in total. The van der Waals surface area contributed by atoms with E-state index in [0.29, 0.717) is 0 Å². The van der Waals surface area contributed by atoms with Gasteiger partial charge in [0.1, 0.15) is 0 Å². The molecular weight excluding hydrogens is 252 g/mol. The maximum atomic E-state index is 2.21. The first-order valence-corrected chi connectivity index (χ1v) is 9.24. The Kier molecular flexibility index (Phi) is 37.8. The maximum absolute atomic E-state index is 2.21. The van der Waals surface area contributed by atoms with Gasteiger partial charge in [-0.15, -0.1) is 0 Å². The summed E-state index contributed by atoms with van der Waals surface area (Å²) in [6.07, 6.45) is 12.2. The van der Waals surface area contributed by atoms with Crippen LogP contribution in [0.5, 0.6) is 0 Å². The molecule has 0 unspecified atom stereocenters. The Labute approximate surface area is 136 Å². The fourth-order valence-electron chi connectivity index (χ4n) is 1.45. The summed E-state index contributed by atoms with van der Waals surface area (Å²) in [6.45, 7) is 13.3. The zero-order valence-corrected chi connectivity index (χ0v) is 15.8. The Bertz CT molecular complexity index is 156. The van der Waals surface area contributed by atoms with Crippen LogP contribution in [0.25, 0.3) is 0 Å². The number of hydrogen-bond acceptors (Lipinski definition) is 0. The molecule has 0 radical (unpaired) electrons. The van der Waals surface area contributed by atoms with E-state index < -0.39 is 0 Å². The molecule has 0 nitrogen and oxygen atoms in total. The zero-order valence-electron chi connectivity index (χ0n) is 15.8. The molecule has 0 saturated heterocycles. The lowest BCUT2D eigenvalue weighted by Crippen LogP contribution is -1.59. The minimum Gasteiger partial charge on any atom is -0.0654 e. The summed E-state index contributed by atoms with van der Waals surface area (Å²) in [5.74, 6) is 0. The Balaban J connectivity index is -0.000000207. The lowest BCUT2D eigenvalue weighted by atomic mass is 10.3. The molecule has 0 atom stereocenters. The molecule has 0 aliphatic carbocycles. The molecule has 0 aromatic heterocycles. The van der Waals surface area contributed by atoms with Crippen molar-refractivity contribution in [2.45, 2.75) is 99.3 Å². The maximum Gasteiger partial charge on any atom is -0.0538 e. The number of rotatable bonds is 6. The van der Waals surface area contributed by atoms with E-state index in [1.165, 1.54) is 57.8 Å². The van der Waals surface area contributed by atoms with Crippen molar-refractivity contribution in [2.24, 2.45) is 0 Å². The molecule has 0 fully saturated rings. The van der Waals surface area contributed by atoms with E-state index in [9.17, 15) is 0 Å². The number of benzene rings is 1. The molecule has 0 heteroatoms. The summed E-state index contributed by atoms with van der Waals surface area (Å²) >= 11 is 0. The van der Waals surface area contributed by atoms with Crippen molar-refractivity contribution in [3.8, 4) is 0 Å². The third-order valence-corrected chi connectivity index (χ3v) is 2.79. The quantitative estimate of drug-likeness (QED) is 0.495. The molecule has 0 bridgehead atoms. The van der Waals surface area contributed by atoms with Crippen LogP contribution in [0, 0.1) is 0 Å². The molecular formula is C21H42. The summed E-state index contributed by atoms with van der Waals surface area (Å²) in [5.41, 5.74) is 0. The van der Waals surface area contributed by atoms with E-state index in [1.54, 1.807) is 0 Å². The van der Waals surface area contributed by atoms with Crippen molar-refractivity contribution in [3.63, 3.8) is 0 Å². The third kappa shape index (κ3) is 45.3. The SMILES string of the molecule is CCCCC.CCCCC.CCCCC.c1ccccc1. The highest BCUT2D eigenvalue weighted by molar-refractivity contribution is 4.99. The van der Waals surface area contributed by atoms with E-state index in [1.807, 2.05) is 36.4 Å². The van der Waals surface area contributed by atoms with Crippen LogP contribution < -0.4 is 0 Å². The van der Waals surface area contributed by atoms with E-state index in [0.717, 1.165) is 0 Å². The van der Waals surface area contributed by atoms with Crippen molar-refractivity contribution in [1.82, 2.24) is 0 Å². The molecule has 1 rings (SSSR count). The van der Waals surface area contributed by atoms with Crippen molar-refractivity contribution in [1.29, 1.82) is 0 Å². The largest absolute Gasteiger partial charge is 0.0654 e. The van der Waals surface area contributed by atoms with Crippen molar-refractivity contribution in [3.05, 3.63) is 36.4 Å². The molecule has 0 heterocycles. The molecule has 126 valence electrons. The van der Waals surface area contributed by atoms with Gasteiger partial charge in [-0.3, -0.25) is 0 Å². The van der Waals surface area contributed by atoms with Crippen LogP contribution >= 0.6 is 0 Å². The predicted octanol–water partition coefficient (Wildman–Crippen LogP) is 8.28. The van der Waals surface area contributed by atoms with Crippen molar-refractivity contribution >= 4 is 0 Å². The average molecular weight is 295 g/mol. The van der Waals surface area contributed by atoms with Gasteiger partial charge in [0.2, 0.25) is 0 Å². The summed E-state index contributed by atoms with van der Waals surface area (Å²) < 4.78 is 0. The molecule has 0 amide bonds. The van der Waals surface area contributed by atoms with Gasteiger partial charge >= 0.3 is 0 Å². The van der Waals surface area contributed by atoms with E-state index >= 15 is 0 Å². The molecule has 0 aliphatic rings. The van der Waals surface area contributed by atoms with Crippen molar-refractivity contribution in [2.75, 3.05) is 0 Å². The first-order valence-electron chi connectivity index (χ1n) is 9.24. The number of unbranched alkanes of at least 4 members (excludes halogenated alkanes) is 6. The Morgan fingerprint density at radius 1 is 0.333 bits per heavy atom. The summed E-state index contributed by atoms with van der Waals surface area (Å²) in [7, 11) is 0. The van der Waals surface area contributed by atoms with Crippen LogP contribution in [-0.4, -0.2) is 0 Å². The second-order valence-corrected chi connectivity index (χ2v) is 5.22. The van der Waals surface area contributed by atoms with Crippen LogP contribution in [0.2, 0.25) is 0 Å². The van der Waals surface area contributed by atoms with Gasteiger partial charge in [0.05, 0.1) is 0 Å². The van der Waals surface area contributed by atoms with Gasteiger partial charge in [-0.1, -0.05) is 136 Å². The van der Waals surface area contributed by atoms with Gasteiger partial charge in [0.15, 0.2) is 0 Å². The standard InChI is InChI=1S/C6H6.3C5H12/c1-2-4-6-5-3-1;3*1-3-5-4-2/h1-6H;3*3-5H2,1-2H3. The number of hydrogen-bond donors (Lipinski definition) is 0. The van der Waals surface area contributed by atoms with E-state index in [4.69, 9.17) is 0 Å². The van der Waals surface area contributed by atoms with Gasteiger partial charge < -0.3 is 0 Å². The topological polar surface area (TPSA) is 0 Å². The first-order chi connectivity index (χ1) is 10.2. The second kappa shape index (κ2) is 31.6. The minimum absolute atomic E-state index is 1.34. The van der Waals surface area contributed by atoms with Gasteiger partial charge in [0, 0.05) is 0 Å².